The van der Waals surface area contributed by atoms with E-state index in [1.165, 1.54) is 20.3 Å². The number of hydrogen-bond acceptors (Lipinski definition) is 5. The first-order valence-corrected chi connectivity index (χ1v) is 8.56. The van der Waals surface area contributed by atoms with Crippen LogP contribution in [0.3, 0.4) is 0 Å². The average molecular weight is 373 g/mol. The van der Waals surface area contributed by atoms with Crippen LogP contribution in [-0.4, -0.2) is 30.3 Å². The summed E-state index contributed by atoms with van der Waals surface area (Å²) in [7, 11) is 3.05. The molecule has 7 heteroatoms. The van der Waals surface area contributed by atoms with Gasteiger partial charge in [-0.15, -0.1) is 0 Å². The van der Waals surface area contributed by atoms with Gasteiger partial charge in [-0.2, -0.15) is 0 Å². The first-order chi connectivity index (χ1) is 12.5. The van der Waals surface area contributed by atoms with E-state index in [0.29, 0.717) is 22.6 Å². The summed E-state index contributed by atoms with van der Waals surface area (Å²) in [6.45, 7) is -0.0966. The molecule has 5 nitrogen and oxygen atoms in total. The van der Waals surface area contributed by atoms with Crippen LogP contribution in [0, 0.1) is 5.82 Å². The second-order valence-corrected chi connectivity index (χ2v) is 6.47. The summed E-state index contributed by atoms with van der Waals surface area (Å²) in [5.74, 6) is 0.192. The summed E-state index contributed by atoms with van der Waals surface area (Å²) in [5.41, 5.74) is 0.987. The number of carbonyl (C=O) groups is 2. The third kappa shape index (κ3) is 3.57. The standard InChI is InChI=1S/C19H16FNO4S/c1-24-15-8-7-12(9-16(15)25-2)10-17-18(22)21(19(23)26-17)11-13-5-3-4-6-14(13)20/h3-10H,11H2,1-2H3/b17-10+. The minimum atomic E-state index is -0.449. The Kier molecular flexibility index (Phi) is 5.27. The minimum Gasteiger partial charge on any atom is -0.493 e. The fourth-order valence-electron chi connectivity index (χ4n) is 2.53. The molecule has 0 spiro atoms. The molecule has 0 radical (unpaired) electrons. The SMILES string of the molecule is COc1ccc(/C=C2/SC(=O)N(Cc3ccccc3F)C2=O)cc1OC. The lowest BCUT2D eigenvalue weighted by Crippen LogP contribution is -2.27. The molecule has 2 aromatic rings. The number of ether oxygens (including phenoxy) is 2. The predicted octanol–water partition coefficient (Wildman–Crippen LogP) is 4.08. The van der Waals surface area contributed by atoms with Gasteiger partial charge in [0.15, 0.2) is 11.5 Å². The molecule has 0 aromatic heterocycles. The molecule has 0 saturated carbocycles. The second-order valence-electron chi connectivity index (χ2n) is 5.47. The smallest absolute Gasteiger partial charge is 0.293 e. The second kappa shape index (κ2) is 7.61. The molecule has 26 heavy (non-hydrogen) atoms. The molecule has 2 aromatic carbocycles. The van der Waals surface area contributed by atoms with Crippen LogP contribution in [0.15, 0.2) is 47.4 Å². The van der Waals surface area contributed by atoms with E-state index >= 15 is 0 Å². The van der Waals surface area contributed by atoms with E-state index in [9.17, 15) is 14.0 Å². The summed E-state index contributed by atoms with van der Waals surface area (Å²) in [6.07, 6.45) is 1.61. The van der Waals surface area contributed by atoms with Gasteiger partial charge in [-0.05, 0) is 41.6 Å². The van der Waals surface area contributed by atoms with Crippen LogP contribution >= 0.6 is 11.8 Å². The number of amides is 2. The number of carbonyl (C=O) groups excluding carboxylic acids is 2. The van der Waals surface area contributed by atoms with Crippen molar-refractivity contribution in [2.45, 2.75) is 6.54 Å². The van der Waals surface area contributed by atoms with Crippen LogP contribution in [0.4, 0.5) is 9.18 Å². The van der Waals surface area contributed by atoms with E-state index in [-0.39, 0.29) is 11.4 Å². The largest absolute Gasteiger partial charge is 0.493 e. The number of halogens is 1. The van der Waals surface area contributed by atoms with Crippen LogP contribution in [0.5, 0.6) is 11.5 Å². The highest BCUT2D eigenvalue weighted by molar-refractivity contribution is 8.18. The van der Waals surface area contributed by atoms with Gasteiger partial charge in [0.1, 0.15) is 5.82 Å². The third-order valence-electron chi connectivity index (χ3n) is 3.87. The third-order valence-corrected chi connectivity index (χ3v) is 4.77. The molecule has 1 heterocycles. The predicted molar refractivity (Wildman–Crippen MR) is 97.5 cm³/mol. The van der Waals surface area contributed by atoms with Crippen molar-refractivity contribution in [2.24, 2.45) is 0 Å². The van der Waals surface area contributed by atoms with Crippen LogP contribution in [0.2, 0.25) is 0 Å². The molecule has 0 atom stereocenters. The van der Waals surface area contributed by atoms with Crippen molar-refractivity contribution in [3.63, 3.8) is 0 Å². The van der Waals surface area contributed by atoms with E-state index in [4.69, 9.17) is 9.47 Å². The number of methoxy groups -OCH3 is 2. The first-order valence-electron chi connectivity index (χ1n) is 7.74. The maximum absolute atomic E-state index is 13.8. The van der Waals surface area contributed by atoms with Gasteiger partial charge < -0.3 is 9.47 Å². The van der Waals surface area contributed by atoms with Gasteiger partial charge in [0.2, 0.25) is 0 Å². The Morgan fingerprint density at radius 3 is 2.50 bits per heavy atom. The van der Waals surface area contributed by atoms with Crippen molar-refractivity contribution in [3.8, 4) is 11.5 Å². The Morgan fingerprint density at radius 2 is 1.81 bits per heavy atom. The number of thioether (sulfide) groups is 1. The molecule has 3 rings (SSSR count). The summed E-state index contributed by atoms with van der Waals surface area (Å²) in [4.78, 5) is 26.0. The van der Waals surface area contributed by atoms with Gasteiger partial charge in [-0.25, -0.2) is 4.39 Å². The number of imide groups is 1. The average Bonchev–Trinajstić information content (AvgIpc) is 2.90. The highest BCUT2D eigenvalue weighted by atomic mass is 32.2. The van der Waals surface area contributed by atoms with Crippen molar-refractivity contribution < 1.29 is 23.5 Å². The molecular weight excluding hydrogens is 357 g/mol. The topological polar surface area (TPSA) is 55.8 Å². The summed E-state index contributed by atoms with van der Waals surface area (Å²) in [6, 6.07) is 11.3. The normalized spacial score (nSPS) is 15.7. The van der Waals surface area contributed by atoms with Gasteiger partial charge in [0.05, 0.1) is 25.7 Å². The zero-order valence-electron chi connectivity index (χ0n) is 14.2. The molecule has 134 valence electrons. The van der Waals surface area contributed by atoms with Crippen molar-refractivity contribution in [1.29, 1.82) is 0 Å². The lowest BCUT2D eigenvalue weighted by Gasteiger charge is -2.12. The van der Waals surface area contributed by atoms with Gasteiger partial charge >= 0.3 is 0 Å². The highest BCUT2D eigenvalue weighted by Gasteiger charge is 2.35. The molecule has 1 aliphatic rings. The van der Waals surface area contributed by atoms with Crippen LogP contribution in [0.25, 0.3) is 6.08 Å². The Bertz CT molecular complexity index is 897. The molecule has 2 amide bonds. The van der Waals surface area contributed by atoms with Gasteiger partial charge in [-0.1, -0.05) is 24.3 Å². The van der Waals surface area contributed by atoms with Crippen LogP contribution < -0.4 is 9.47 Å². The Hall–Kier alpha value is -2.80. The van der Waals surface area contributed by atoms with Crippen LogP contribution in [0.1, 0.15) is 11.1 Å². The maximum Gasteiger partial charge on any atom is 0.293 e. The van der Waals surface area contributed by atoms with Crippen molar-refractivity contribution in [1.82, 2.24) is 4.90 Å². The first kappa shape index (κ1) is 18.0. The van der Waals surface area contributed by atoms with E-state index in [1.807, 2.05) is 0 Å². The van der Waals surface area contributed by atoms with Gasteiger partial charge in [0, 0.05) is 5.56 Å². The number of benzene rings is 2. The Balaban J connectivity index is 1.84. The van der Waals surface area contributed by atoms with Crippen molar-refractivity contribution in [2.75, 3.05) is 14.2 Å². The fraction of sp³-hybridized carbons (Fsp3) is 0.158. The van der Waals surface area contributed by atoms with E-state index in [2.05, 4.69) is 0 Å². The summed E-state index contributed by atoms with van der Waals surface area (Å²) >= 11 is 0.829. The molecule has 0 bridgehead atoms. The van der Waals surface area contributed by atoms with Crippen molar-refractivity contribution in [3.05, 3.63) is 64.3 Å². The molecule has 0 N–H and O–H groups in total. The molecule has 1 aliphatic heterocycles. The number of rotatable bonds is 5. The quantitative estimate of drug-likeness (QED) is 0.739. The summed E-state index contributed by atoms with van der Waals surface area (Å²) in [5, 5.41) is -0.426. The Morgan fingerprint density at radius 1 is 1.08 bits per heavy atom. The zero-order chi connectivity index (χ0) is 18.7. The lowest BCUT2D eigenvalue weighted by molar-refractivity contribution is -0.123. The molecule has 0 aliphatic carbocycles. The fourth-order valence-corrected chi connectivity index (χ4v) is 3.37. The van der Waals surface area contributed by atoms with Gasteiger partial charge in [-0.3, -0.25) is 14.5 Å². The lowest BCUT2D eigenvalue weighted by atomic mass is 10.1. The van der Waals surface area contributed by atoms with Crippen LogP contribution in [-0.2, 0) is 11.3 Å². The van der Waals surface area contributed by atoms with E-state index in [1.54, 1.807) is 42.5 Å². The summed E-state index contributed by atoms with van der Waals surface area (Å²) < 4.78 is 24.2. The number of hydrogen-bond donors (Lipinski definition) is 0. The maximum atomic E-state index is 13.8. The number of nitrogens with zero attached hydrogens (tertiary/aromatic N) is 1. The molecule has 1 fully saturated rings. The van der Waals surface area contributed by atoms with E-state index in [0.717, 1.165) is 16.7 Å². The van der Waals surface area contributed by atoms with E-state index < -0.39 is 17.0 Å². The highest BCUT2D eigenvalue weighted by Crippen LogP contribution is 2.35. The molecule has 1 saturated heterocycles. The van der Waals surface area contributed by atoms with Crippen molar-refractivity contribution >= 4 is 29.0 Å². The molecular formula is C19H16FNO4S. The van der Waals surface area contributed by atoms with Gasteiger partial charge in [0.25, 0.3) is 11.1 Å². The minimum absolute atomic E-state index is 0.0966. The molecule has 0 unspecified atom stereocenters. The Labute approximate surface area is 154 Å². The zero-order valence-corrected chi connectivity index (χ0v) is 15.0. The monoisotopic (exact) mass is 373 g/mol.